The van der Waals surface area contributed by atoms with Gasteiger partial charge in [0.05, 0.1) is 25.4 Å². The Morgan fingerprint density at radius 1 is 0.576 bits per heavy atom. The molecular weight excluding hydrogens is 452 g/mol. The van der Waals surface area contributed by atoms with Crippen LogP contribution in [-0.2, 0) is 23.7 Å². The number of aliphatic hydroxyl groups excluding tert-OH is 9. The molecule has 194 valence electrons. The van der Waals surface area contributed by atoms with Crippen LogP contribution in [0.1, 0.15) is 13.8 Å². The fraction of sp³-hybridized carbons (Fsp3) is 1.00. The summed E-state index contributed by atoms with van der Waals surface area (Å²) in [4.78, 5) is 0. The predicted molar refractivity (Wildman–Crippen MR) is 103 cm³/mol. The molecule has 33 heavy (non-hydrogen) atoms. The van der Waals surface area contributed by atoms with Gasteiger partial charge in [-0.2, -0.15) is 0 Å². The monoisotopic (exact) mass is 486 g/mol. The zero-order valence-electron chi connectivity index (χ0n) is 18.1. The van der Waals surface area contributed by atoms with Gasteiger partial charge in [-0.3, -0.25) is 0 Å². The van der Waals surface area contributed by atoms with E-state index in [0.29, 0.717) is 0 Å². The third kappa shape index (κ3) is 5.34. The Kier molecular flexibility index (Phi) is 9.02. The first kappa shape index (κ1) is 27.0. The fourth-order valence-corrected chi connectivity index (χ4v) is 4.19. The van der Waals surface area contributed by atoms with Crippen LogP contribution < -0.4 is 0 Å². The van der Waals surface area contributed by atoms with Gasteiger partial charge in [-0.25, -0.2) is 0 Å². The van der Waals surface area contributed by atoms with E-state index in [0.717, 1.165) is 0 Å². The maximum absolute atomic E-state index is 10.5. The molecule has 3 aliphatic heterocycles. The number of hydrogen-bond donors (Lipinski definition) is 9. The van der Waals surface area contributed by atoms with E-state index >= 15 is 0 Å². The molecular formula is C19H34O14. The summed E-state index contributed by atoms with van der Waals surface area (Å²) in [5.74, 6) is -0.833. The van der Waals surface area contributed by atoms with Gasteiger partial charge in [0.25, 0.3) is 0 Å². The zero-order chi connectivity index (χ0) is 24.6. The molecule has 9 unspecified atom stereocenters. The molecule has 0 saturated carbocycles. The number of hydrogen-bond acceptors (Lipinski definition) is 14. The van der Waals surface area contributed by atoms with E-state index in [2.05, 4.69) is 0 Å². The van der Waals surface area contributed by atoms with Crippen molar-refractivity contribution in [3.8, 4) is 0 Å². The summed E-state index contributed by atoms with van der Waals surface area (Å²) in [7, 11) is 0. The lowest BCUT2D eigenvalue weighted by Gasteiger charge is -2.48. The SMILES string of the molecule is CC1C(O)[C@@H](O)[C@H](CO)O[C@H]1O[C@@H]1C(CO)OC(O)C(O)C1O[C@@H]1OC(C)[C@@H](O)C(O)C1O. The lowest BCUT2D eigenvalue weighted by atomic mass is 9.92. The molecule has 3 rings (SSSR count). The summed E-state index contributed by atoms with van der Waals surface area (Å²) < 4.78 is 27.6. The van der Waals surface area contributed by atoms with Gasteiger partial charge in [0, 0.05) is 5.92 Å². The molecule has 0 bridgehead atoms. The highest BCUT2D eigenvalue weighted by atomic mass is 16.7. The Hall–Kier alpha value is -0.560. The summed E-state index contributed by atoms with van der Waals surface area (Å²) in [5, 5.41) is 90.3. The Labute approximate surface area is 189 Å². The lowest BCUT2D eigenvalue weighted by Crippen LogP contribution is -2.66. The summed E-state index contributed by atoms with van der Waals surface area (Å²) >= 11 is 0. The number of rotatable bonds is 6. The average Bonchev–Trinajstić information content (AvgIpc) is 2.80. The lowest BCUT2D eigenvalue weighted by molar-refractivity contribution is -0.378. The first-order valence-electron chi connectivity index (χ1n) is 10.8. The molecule has 0 radical (unpaired) electrons. The van der Waals surface area contributed by atoms with Crippen LogP contribution >= 0.6 is 0 Å². The van der Waals surface area contributed by atoms with Crippen LogP contribution in [0.25, 0.3) is 0 Å². The molecule has 0 aliphatic carbocycles. The van der Waals surface area contributed by atoms with Gasteiger partial charge in [-0.15, -0.1) is 0 Å². The van der Waals surface area contributed by atoms with Crippen LogP contribution in [0, 0.1) is 5.92 Å². The van der Waals surface area contributed by atoms with E-state index < -0.39 is 105 Å². The van der Waals surface area contributed by atoms with Gasteiger partial charge in [0.1, 0.15) is 54.9 Å². The van der Waals surface area contributed by atoms with E-state index in [9.17, 15) is 46.0 Å². The van der Waals surface area contributed by atoms with Crippen LogP contribution in [0.3, 0.4) is 0 Å². The molecule has 3 heterocycles. The van der Waals surface area contributed by atoms with E-state index in [1.807, 2.05) is 0 Å². The van der Waals surface area contributed by atoms with Crippen molar-refractivity contribution in [1.82, 2.24) is 0 Å². The molecule has 14 heteroatoms. The highest BCUT2D eigenvalue weighted by Crippen LogP contribution is 2.34. The zero-order valence-corrected chi connectivity index (χ0v) is 18.1. The Morgan fingerprint density at radius 3 is 1.79 bits per heavy atom. The molecule has 0 aromatic rings. The maximum atomic E-state index is 10.5. The molecule has 9 N–H and O–H groups in total. The van der Waals surface area contributed by atoms with Crippen molar-refractivity contribution in [3.63, 3.8) is 0 Å². The molecule has 3 saturated heterocycles. The van der Waals surface area contributed by atoms with Crippen molar-refractivity contribution < 1.29 is 69.6 Å². The summed E-state index contributed by atoms with van der Waals surface area (Å²) in [5.41, 5.74) is 0. The second kappa shape index (κ2) is 11.0. The van der Waals surface area contributed by atoms with Crippen molar-refractivity contribution in [1.29, 1.82) is 0 Å². The van der Waals surface area contributed by atoms with Crippen molar-refractivity contribution in [2.24, 2.45) is 5.92 Å². The van der Waals surface area contributed by atoms with E-state index in [1.165, 1.54) is 13.8 Å². The summed E-state index contributed by atoms with van der Waals surface area (Å²) in [6.45, 7) is 1.60. The highest BCUT2D eigenvalue weighted by Gasteiger charge is 2.53. The minimum atomic E-state index is -1.82. The smallest absolute Gasteiger partial charge is 0.187 e. The van der Waals surface area contributed by atoms with Gasteiger partial charge >= 0.3 is 0 Å². The Morgan fingerprint density at radius 2 is 1.18 bits per heavy atom. The van der Waals surface area contributed by atoms with Gasteiger partial charge in [-0.1, -0.05) is 6.92 Å². The molecule has 0 amide bonds. The largest absolute Gasteiger partial charge is 0.394 e. The fourth-order valence-electron chi connectivity index (χ4n) is 4.19. The van der Waals surface area contributed by atoms with Gasteiger partial charge in [0.15, 0.2) is 18.9 Å². The molecule has 3 fully saturated rings. The Bertz CT molecular complexity index is 623. The van der Waals surface area contributed by atoms with Crippen LogP contribution in [0.2, 0.25) is 0 Å². The van der Waals surface area contributed by atoms with Crippen LogP contribution in [0.15, 0.2) is 0 Å². The van der Waals surface area contributed by atoms with Crippen LogP contribution in [0.4, 0.5) is 0 Å². The van der Waals surface area contributed by atoms with Crippen molar-refractivity contribution in [2.75, 3.05) is 13.2 Å². The molecule has 15 atom stereocenters. The first-order chi connectivity index (χ1) is 15.5. The molecule has 0 spiro atoms. The molecule has 3 aliphatic rings. The molecule has 14 nitrogen and oxygen atoms in total. The molecule has 0 aromatic carbocycles. The van der Waals surface area contributed by atoms with Crippen LogP contribution in [-0.4, -0.2) is 145 Å². The maximum Gasteiger partial charge on any atom is 0.187 e. The van der Waals surface area contributed by atoms with Gasteiger partial charge in [-0.05, 0) is 6.92 Å². The summed E-state index contributed by atoms with van der Waals surface area (Å²) in [6, 6.07) is 0. The van der Waals surface area contributed by atoms with Crippen molar-refractivity contribution in [2.45, 2.75) is 99.9 Å². The second-order valence-corrected chi connectivity index (χ2v) is 8.69. The third-order valence-electron chi connectivity index (χ3n) is 6.39. The first-order valence-corrected chi connectivity index (χ1v) is 10.8. The second-order valence-electron chi connectivity index (χ2n) is 8.69. The van der Waals surface area contributed by atoms with E-state index in [4.69, 9.17) is 23.7 Å². The van der Waals surface area contributed by atoms with E-state index in [-0.39, 0.29) is 0 Å². The van der Waals surface area contributed by atoms with Crippen LogP contribution in [0.5, 0.6) is 0 Å². The minimum absolute atomic E-state index is 0.628. The quantitative estimate of drug-likeness (QED) is 0.171. The van der Waals surface area contributed by atoms with Gasteiger partial charge < -0.3 is 69.6 Å². The topological polar surface area (TPSA) is 228 Å². The molecule has 0 aromatic heterocycles. The van der Waals surface area contributed by atoms with E-state index in [1.54, 1.807) is 0 Å². The van der Waals surface area contributed by atoms with Gasteiger partial charge in [0.2, 0.25) is 0 Å². The third-order valence-corrected chi connectivity index (χ3v) is 6.39. The standard InChI is InChI=1S/C19H34O14/c1-5-9(22)11(24)7(3-20)31-18(5)32-15-8(4-21)30-17(28)14(27)16(15)33-19-13(26)12(25)10(23)6(2)29-19/h5-28H,3-4H2,1-2H3/t5?,6?,7-,8?,9?,10+,11-,12?,13?,14?,15+,16?,17?,18-,19-/m0/s1. The average molecular weight is 486 g/mol. The Balaban J connectivity index is 1.83. The highest BCUT2D eigenvalue weighted by molar-refractivity contribution is 4.95. The summed E-state index contributed by atoms with van der Waals surface area (Å²) in [6.07, 6.45) is -20.2. The predicted octanol–water partition coefficient (Wildman–Crippen LogP) is -5.27. The minimum Gasteiger partial charge on any atom is -0.394 e. The number of ether oxygens (including phenoxy) is 5. The van der Waals surface area contributed by atoms with Crippen molar-refractivity contribution in [3.05, 3.63) is 0 Å². The number of aliphatic hydroxyl groups is 9. The normalized spacial score (nSPS) is 53.7. The van der Waals surface area contributed by atoms with Crippen molar-refractivity contribution >= 4 is 0 Å².